The Morgan fingerprint density at radius 1 is 0.367 bits per heavy atom. The van der Waals surface area contributed by atoms with Crippen LogP contribution in [0.2, 0.25) is 0 Å². The average molecular weight is 2070 g/mol. The zero-order valence-electron chi connectivity index (χ0n) is 81.6. The number of aromatic nitrogens is 16. The topological polar surface area (TPSA) is 350 Å². The number of aliphatic hydroxyl groups is 4. The number of halogens is 15. The number of imidazole rings is 1. The Kier molecular flexibility index (Phi) is 33.1. The number of pyridine rings is 1. The van der Waals surface area contributed by atoms with Crippen LogP contribution >= 0.6 is 0 Å². The third kappa shape index (κ3) is 26.8. The van der Waals surface area contributed by atoms with Gasteiger partial charge in [-0.3, -0.25) is 43.8 Å². The fourth-order valence-corrected chi connectivity index (χ4v) is 19.8. The lowest BCUT2D eigenvalue weighted by Crippen LogP contribution is -2.46. The first kappa shape index (κ1) is 107. The third-order valence-electron chi connectivity index (χ3n) is 27.6. The second-order valence-corrected chi connectivity index (χ2v) is 39.7. The van der Waals surface area contributed by atoms with Gasteiger partial charge in [-0.25, -0.2) is 68.0 Å². The van der Waals surface area contributed by atoms with Crippen LogP contribution in [0.4, 0.5) is 89.1 Å². The predicted molar refractivity (Wildman–Crippen MR) is 511 cm³/mol. The summed E-state index contributed by atoms with van der Waals surface area (Å²) in [5.41, 5.74) is 2.25. The molecule has 0 bridgehead atoms. The minimum absolute atomic E-state index is 0.00586. The van der Waals surface area contributed by atoms with Crippen molar-refractivity contribution in [2.45, 2.75) is 231 Å². The van der Waals surface area contributed by atoms with Gasteiger partial charge >= 0.3 is 24.7 Å². The van der Waals surface area contributed by atoms with Gasteiger partial charge in [-0.1, -0.05) is 24.3 Å². The van der Waals surface area contributed by atoms with E-state index in [9.17, 15) is 92.3 Å². The van der Waals surface area contributed by atoms with Crippen LogP contribution in [0.3, 0.4) is 0 Å². The van der Waals surface area contributed by atoms with Crippen molar-refractivity contribution in [1.29, 1.82) is 0 Å². The molecule has 10 aromatic heterocycles. The molecule has 8 atom stereocenters. The highest BCUT2D eigenvalue weighted by molar-refractivity contribution is 5.91. The standard InChI is InChI=1S/C26H31F4N5O2.C25H28F4N6O2.C25H29F3N6O2.C24H27F4N7O2/c1-16(2)35(11-18-4-6-20(7-5-18)26(28,29)30)25-23-21(27)13-34(24(23)31-15-32-25)12-19-8-9-33(10-17(3)36)14-22(19)37;1-15(36)9-33-7-6-16(21(37)13-33)10-34-12-20(26)22-23(34)31-14-32-24(22)35(19-4-5-19)11-18-3-2-17(8-30-18)25(27,28)29;1-16(35)10-32-8-7-18(21(36)13-32)12-33-15-31-22-23(33)29-14-30-24(22)34(20-5-6-20)11-17-3-2-4-19(9-17)25(26,27)28;1-14(36)8-33-5-4-16(19(37)12-33)10-34-11-18(25)20-21(34)31-13-32-22(20)35(17-2-3-17)9-15-6-29-23(30-7-15)24(26,27)28/h4-7,13,15-16,19,22,37H,8-12,14H2,1-3H3;2-3,8,12,14,16,19,21,37H,4-7,9-11,13H2,1H3;2-4,9,14-15,18,20-21,36H,5-8,10-13H2,1H3;6-7,11,13,16-17,19,37H,2-5,8-10,12H2,1H3. The number of hydrogen-bond donors (Lipinski definition) is 4. The van der Waals surface area contributed by atoms with Crippen LogP contribution in [-0.4, -0.2) is 268 Å². The van der Waals surface area contributed by atoms with Gasteiger partial charge in [0.05, 0.1) is 102 Å². The molecule has 0 spiro atoms. The molecule has 3 aliphatic carbocycles. The Morgan fingerprint density at radius 3 is 1.11 bits per heavy atom. The Labute approximate surface area is 835 Å². The van der Waals surface area contributed by atoms with Crippen LogP contribution in [0.5, 0.6) is 0 Å². The normalized spacial score (nSPS) is 20.5. The van der Waals surface area contributed by atoms with Gasteiger partial charge in [0.15, 0.2) is 34.4 Å². The number of fused-ring (bicyclic) bond motifs is 4. The maximum Gasteiger partial charge on any atom is 0.451 e. The summed E-state index contributed by atoms with van der Waals surface area (Å²) in [6.07, 6.45) is 1.86. The van der Waals surface area contributed by atoms with Crippen molar-refractivity contribution in [3.8, 4) is 0 Å². The molecule has 4 N–H and O–H groups in total. The number of benzene rings is 2. The maximum absolute atomic E-state index is 15.3. The van der Waals surface area contributed by atoms with Crippen molar-refractivity contribution in [2.75, 3.05) is 98.1 Å². The summed E-state index contributed by atoms with van der Waals surface area (Å²) in [6, 6.07) is 12.8. The second-order valence-electron chi connectivity index (χ2n) is 39.7. The van der Waals surface area contributed by atoms with Crippen LogP contribution in [0, 0.1) is 41.1 Å². The lowest BCUT2D eigenvalue weighted by Gasteiger charge is -2.35. The molecule has 788 valence electrons. The van der Waals surface area contributed by atoms with E-state index in [4.69, 9.17) is 0 Å². The number of ketones is 4. The summed E-state index contributed by atoms with van der Waals surface area (Å²) in [6.45, 7) is 17.9. The van der Waals surface area contributed by atoms with Gasteiger partial charge in [0.1, 0.15) is 82.8 Å². The van der Waals surface area contributed by atoms with E-state index < -0.39 is 89.1 Å². The molecule has 14 heterocycles. The van der Waals surface area contributed by atoms with Gasteiger partial charge < -0.3 is 58.3 Å². The Morgan fingerprint density at radius 2 is 0.735 bits per heavy atom. The number of Topliss-reactive ketones (excluding diaryl/α,β-unsaturated/α-hetero) is 4. The second kappa shape index (κ2) is 45.3. The molecule has 147 heavy (non-hydrogen) atoms. The largest absolute Gasteiger partial charge is 0.451 e. The molecule has 12 aromatic rings. The highest BCUT2D eigenvalue weighted by Crippen LogP contribution is 2.44. The zero-order valence-corrected chi connectivity index (χ0v) is 81.6. The van der Waals surface area contributed by atoms with Crippen molar-refractivity contribution in [1.82, 2.24) is 97.7 Å². The van der Waals surface area contributed by atoms with Crippen molar-refractivity contribution in [3.63, 3.8) is 0 Å². The maximum atomic E-state index is 15.3. The van der Waals surface area contributed by atoms with Gasteiger partial charge in [-0.15, -0.1) is 0 Å². The lowest BCUT2D eigenvalue weighted by molar-refractivity contribution is -0.145. The van der Waals surface area contributed by atoms with Gasteiger partial charge in [0.2, 0.25) is 5.82 Å². The molecule has 4 saturated heterocycles. The number of β-amino-alcohol motifs (C(OH)–C–C–N with tert-alkyl or cyclic N) is 4. The first-order valence-electron chi connectivity index (χ1n) is 48.8. The highest BCUT2D eigenvalue weighted by atomic mass is 19.4. The Hall–Kier alpha value is -12.4. The highest BCUT2D eigenvalue weighted by Gasteiger charge is 2.43. The fraction of sp³-hybridized carbons (Fsp3) is 0.520. The number of carbonyl (C=O) groups is 4. The molecule has 19 rings (SSSR count). The summed E-state index contributed by atoms with van der Waals surface area (Å²) < 4.78 is 209. The van der Waals surface area contributed by atoms with Crippen molar-refractivity contribution < 1.29 is 105 Å². The molecular formula is C100H115F15N24O8. The smallest absolute Gasteiger partial charge is 0.391 e. The van der Waals surface area contributed by atoms with Crippen molar-refractivity contribution in [2.24, 2.45) is 23.7 Å². The molecule has 2 aromatic carbocycles. The van der Waals surface area contributed by atoms with Crippen LogP contribution in [-0.2, 0) is 96.2 Å². The molecule has 7 aliphatic rings. The van der Waals surface area contributed by atoms with Crippen LogP contribution in [0.25, 0.3) is 44.3 Å². The van der Waals surface area contributed by atoms with E-state index >= 15 is 13.2 Å². The number of piperidine rings is 4. The number of carbonyl (C=O) groups excluding carboxylic acids is 4. The van der Waals surface area contributed by atoms with Crippen LogP contribution in [0.1, 0.15) is 151 Å². The number of aliphatic hydroxyl groups excluding tert-OH is 4. The molecule has 4 aliphatic heterocycles. The summed E-state index contributed by atoms with van der Waals surface area (Å²) in [5, 5.41) is 43.4. The van der Waals surface area contributed by atoms with E-state index in [2.05, 4.69) is 59.8 Å². The van der Waals surface area contributed by atoms with Crippen LogP contribution in [0.15, 0.2) is 129 Å². The molecular weight excluding hydrogens is 1950 g/mol. The number of alkyl halides is 12. The molecule has 8 unspecified atom stereocenters. The first-order chi connectivity index (χ1) is 69.8. The van der Waals surface area contributed by atoms with E-state index in [0.29, 0.717) is 198 Å². The van der Waals surface area contributed by atoms with Gasteiger partial charge in [-0.05, 0) is 179 Å². The molecule has 0 radical (unpaired) electrons. The minimum atomic E-state index is -4.63. The van der Waals surface area contributed by atoms with E-state index in [1.54, 1.807) is 33.0 Å². The number of anilines is 4. The van der Waals surface area contributed by atoms with Gasteiger partial charge in [0.25, 0.3) is 0 Å². The van der Waals surface area contributed by atoms with Crippen molar-refractivity contribution in [3.05, 3.63) is 192 Å². The SMILES string of the molecule is CC(=O)CN1CCC(Cn2cc(F)c3c(N(Cc4ccc(C(F)(F)F)cc4)C(C)C)ncnc32)C(O)C1.CC(=O)CN1CCC(Cn2cc(F)c3c(N(Cc4ccc(C(F)(F)F)cn4)C4CC4)ncnc32)C(O)C1.CC(=O)CN1CCC(Cn2cc(F)c3c(N(Cc4cnc(C(F)(F)F)nc4)C4CC4)ncnc32)C(O)C1.CC(=O)CN1CCC(Cn2cnc3c(N(Cc4cccc(C(F)(F)F)c4)C4CC4)ncnc32)C(O)C1. The predicted octanol–water partition coefficient (Wildman–Crippen LogP) is 13.8. The number of nitrogens with zero attached hydrogens (tertiary/aromatic N) is 24. The average Bonchev–Trinajstić information content (AvgIpc) is 1.62. The molecule has 47 heteroatoms. The third-order valence-corrected chi connectivity index (χ3v) is 27.6. The van der Waals surface area contributed by atoms with Gasteiger partial charge in [0, 0.05) is 163 Å². The monoisotopic (exact) mass is 2060 g/mol. The molecule has 32 nitrogen and oxygen atoms in total. The number of likely N-dealkylation sites (tertiary alicyclic amines) is 4. The minimum Gasteiger partial charge on any atom is -0.391 e. The van der Waals surface area contributed by atoms with E-state index in [1.165, 1.54) is 95.0 Å². The van der Waals surface area contributed by atoms with E-state index in [0.717, 1.165) is 94.3 Å². The molecule has 3 saturated carbocycles. The quantitative estimate of drug-likeness (QED) is 0.0285. The molecule has 7 fully saturated rings. The number of rotatable bonds is 32. The van der Waals surface area contributed by atoms with E-state index in [-0.39, 0.29) is 107 Å². The lowest BCUT2D eigenvalue weighted by atomic mass is 9.93. The summed E-state index contributed by atoms with van der Waals surface area (Å²) in [5.74, 6) is -1.24. The molecule has 0 amide bonds. The van der Waals surface area contributed by atoms with E-state index in [1.807, 2.05) is 57.6 Å². The van der Waals surface area contributed by atoms with Crippen molar-refractivity contribution >= 4 is 90.7 Å². The summed E-state index contributed by atoms with van der Waals surface area (Å²) in [4.78, 5) is 111. The van der Waals surface area contributed by atoms with Crippen LogP contribution < -0.4 is 19.6 Å². The Balaban J connectivity index is 0.000000140. The summed E-state index contributed by atoms with van der Waals surface area (Å²) >= 11 is 0. The Bertz CT molecular complexity index is 6140. The fourth-order valence-electron chi connectivity index (χ4n) is 19.8. The number of hydrogen-bond acceptors (Lipinski definition) is 28. The van der Waals surface area contributed by atoms with Gasteiger partial charge in [-0.2, -0.15) is 52.7 Å². The first-order valence-corrected chi connectivity index (χ1v) is 48.8. The summed E-state index contributed by atoms with van der Waals surface area (Å²) in [7, 11) is 0. The zero-order chi connectivity index (χ0) is 105.